The van der Waals surface area contributed by atoms with Gasteiger partial charge in [0.05, 0.1) is 18.7 Å². The molecule has 0 saturated heterocycles. The van der Waals surface area contributed by atoms with Crippen LogP contribution >= 0.6 is 0 Å². The summed E-state index contributed by atoms with van der Waals surface area (Å²) in [6.45, 7) is 8.35. The van der Waals surface area contributed by atoms with Crippen LogP contribution in [-0.4, -0.2) is 20.5 Å². The lowest BCUT2D eigenvalue weighted by Crippen LogP contribution is -2.29. The molecule has 4 rings (SSSR count). The van der Waals surface area contributed by atoms with E-state index < -0.39 is 0 Å². The monoisotopic (exact) mass is 376 g/mol. The van der Waals surface area contributed by atoms with Crippen LogP contribution in [0.1, 0.15) is 55.2 Å². The second-order valence-electron chi connectivity index (χ2n) is 7.57. The van der Waals surface area contributed by atoms with E-state index in [1.54, 1.807) is 6.26 Å². The van der Waals surface area contributed by atoms with E-state index in [1.165, 1.54) is 11.1 Å². The molecular formula is C22H24N4O2. The van der Waals surface area contributed by atoms with Crippen molar-refractivity contribution in [2.45, 2.75) is 46.1 Å². The van der Waals surface area contributed by atoms with Gasteiger partial charge in [-0.2, -0.15) is 0 Å². The quantitative estimate of drug-likeness (QED) is 0.563. The van der Waals surface area contributed by atoms with Crippen LogP contribution in [0.25, 0.3) is 16.6 Å². The maximum atomic E-state index is 12.7. The van der Waals surface area contributed by atoms with E-state index in [4.69, 9.17) is 4.42 Å². The molecule has 4 aromatic rings. The molecule has 6 heteroatoms. The Hall–Kier alpha value is -3.15. The van der Waals surface area contributed by atoms with Crippen LogP contribution in [0.5, 0.6) is 0 Å². The molecule has 1 aromatic carbocycles. The number of hydrogen-bond donors (Lipinski definition) is 1. The van der Waals surface area contributed by atoms with Crippen molar-refractivity contribution in [1.29, 1.82) is 0 Å². The van der Waals surface area contributed by atoms with Crippen molar-refractivity contribution >= 4 is 22.5 Å². The normalized spacial score (nSPS) is 12.8. The number of benzene rings is 1. The van der Waals surface area contributed by atoms with Gasteiger partial charge in [0.15, 0.2) is 11.5 Å². The molecule has 0 saturated carbocycles. The third-order valence-corrected chi connectivity index (χ3v) is 5.12. The van der Waals surface area contributed by atoms with Crippen LogP contribution in [0, 0.1) is 6.92 Å². The highest BCUT2D eigenvalue weighted by atomic mass is 16.3. The lowest BCUT2D eigenvalue weighted by atomic mass is 9.95. The molecule has 0 aliphatic carbocycles. The van der Waals surface area contributed by atoms with Crippen LogP contribution in [0.15, 0.2) is 47.2 Å². The minimum Gasteiger partial charge on any atom is -0.464 e. The van der Waals surface area contributed by atoms with Crippen LogP contribution < -0.4 is 5.32 Å². The van der Waals surface area contributed by atoms with Crippen LogP contribution in [0.2, 0.25) is 0 Å². The topological polar surface area (TPSA) is 72.4 Å². The first-order valence-electron chi connectivity index (χ1n) is 9.53. The average Bonchev–Trinajstić information content (AvgIpc) is 3.25. The van der Waals surface area contributed by atoms with Gasteiger partial charge in [-0.1, -0.05) is 19.9 Å². The van der Waals surface area contributed by atoms with Gasteiger partial charge in [0.2, 0.25) is 5.91 Å². The molecule has 1 atom stereocenters. The number of pyridine rings is 1. The lowest BCUT2D eigenvalue weighted by Gasteiger charge is -2.12. The summed E-state index contributed by atoms with van der Waals surface area (Å²) in [6.07, 6.45) is 3.84. The number of carbonyl (C=O) groups is 1. The second kappa shape index (κ2) is 7.11. The molecule has 144 valence electrons. The molecule has 3 aromatic heterocycles. The maximum absolute atomic E-state index is 12.7. The van der Waals surface area contributed by atoms with Gasteiger partial charge in [-0.3, -0.25) is 9.20 Å². The molecular weight excluding hydrogens is 352 g/mol. The number of furan rings is 1. The Bertz CT molecular complexity index is 1160. The van der Waals surface area contributed by atoms with E-state index in [0.29, 0.717) is 11.7 Å². The second-order valence-corrected chi connectivity index (χ2v) is 7.57. The third-order valence-electron chi connectivity index (χ3n) is 5.12. The number of rotatable bonds is 5. The fraction of sp³-hybridized carbons (Fsp3) is 0.318. The summed E-state index contributed by atoms with van der Waals surface area (Å²) < 4.78 is 7.58. The van der Waals surface area contributed by atoms with E-state index in [0.717, 1.165) is 22.2 Å². The fourth-order valence-corrected chi connectivity index (χ4v) is 3.69. The molecule has 0 radical (unpaired) electrons. The Kier molecular flexibility index (Phi) is 4.63. The molecule has 28 heavy (non-hydrogen) atoms. The summed E-state index contributed by atoms with van der Waals surface area (Å²) in [6, 6.07) is 9.66. The number of fused-ring (bicyclic) bond motifs is 2. The van der Waals surface area contributed by atoms with E-state index in [9.17, 15) is 4.79 Å². The Morgan fingerprint density at radius 3 is 2.82 bits per heavy atom. The number of carbonyl (C=O) groups excluding carboxylic acids is 1. The summed E-state index contributed by atoms with van der Waals surface area (Å²) in [5.74, 6) is 1.05. The van der Waals surface area contributed by atoms with Gasteiger partial charge in [-0.25, -0.2) is 0 Å². The standard InChI is InChI=1S/C22H24N4O2/c1-13(2)17-11-18-16(12-28-19(18)9-14(17)3)10-21(27)23-15(4)22-25-24-20-7-5-6-8-26(20)22/h5-9,11-13,15H,10H2,1-4H3,(H,23,27). The number of nitrogens with zero attached hydrogens (tertiary/aromatic N) is 3. The average molecular weight is 376 g/mol. The first kappa shape index (κ1) is 18.2. The summed E-state index contributed by atoms with van der Waals surface area (Å²) >= 11 is 0. The molecule has 1 N–H and O–H groups in total. The number of aryl methyl sites for hydroxylation is 1. The summed E-state index contributed by atoms with van der Waals surface area (Å²) in [5.41, 5.74) is 4.96. The molecule has 6 nitrogen and oxygen atoms in total. The predicted octanol–water partition coefficient (Wildman–Crippen LogP) is 4.33. The summed E-state index contributed by atoms with van der Waals surface area (Å²) in [5, 5.41) is 12.4. The van der Waals surface area contributed by atoms with E-state index in [-0.39, 0.29) is 18.4 Å². The van der Waals surface area contributed by atoms with Crippen LogP contribution in [-0.2, 0) is 11.2 Å². The van der Waals surface area contributed by atoms with E-state index in [2.05, 4.69) is 48.4 Å². The molecule has 1 amide bonds. The zero-order chi connectivity index (χ0) is 19.8. The molecule has 0 bridgehead atoms. The Morgan fingerprint density at radius 2 is 2.04 bits per heavy atom. The van der Waals surface area contributed by atoms with Crippen molar-refractivity contribution in [1.82, 2.24) is 19.9 Å². The van der Waals surface area contributed by atoms with Crippen LogP contribution in [0.4, 0.5) is 0 Å². The Labute approximate surface area is 163 Å². The zero-order valence-corrected chi connectivity index (χ0v) is 16.6. The van der Waals surface area contributed by atoms with Gasteiger partial charge < -0.3 is 9.73 Å². The van der Waals surface area contributed by atoms with Crippen molar-refractivity contribution in [2.24, 2.45) is 0 Å². The summed E-state index contributed by atoms with van der Waals surface area (Å²) in [7, 11) is 0. The van der Waals surface area contributed by atoms with Crippen molar-refractivity contribution in [2.75, 3.05) is 0 Å². The third kappa shape index (κ3) is 3.26. The van der Waals surface area contributed by atoms with Gasteiger partial charge in [-0.15, -0.1) is 10.2 Å². The maximum Gasteiger partial charge on any atom is 0.225 e. The molecule has 0 aliphatic heterocycles. The molecule has 0 fully saturated rings. The smallest absolute Gasteiger partial charge is 0.225 e. The van der Waals surface area contributed by atoms with Gasteiger partial charge >= 0.3 is 0 Å². The molecule has 0 spiro atoms. The highest BCUT2D eigenvalue weighted by molar-refractivity contribution is 5.88. The van der Waals surface area contributed by atoms with Crippen LogP contribution in [0.3, 0.4) is 0 Å². The summed E-state index contributed by atoms with van der Waals surface area (Å²) in [4.78, 5) is 12.7. The number of nitrogens with one attached hydrogen (secondary N) is 1. The molecule has 3 heterocycles. The number of hydrogen-bond acceptors (Lipinski definition) is 4. The van der Waals surface area contributed by atoms with Crippen molar-refractivity contribution in [3.63, 3.8) is 0 Å². The highest BCUT2D eigenvalue weighted by Gasteiger charge is 2.18. The van der Waals surface area contributed by atoms with Crippen molar-refractivity contribution in [3.05, 3.63) is 65.3 Å². The number of amides is 1. The molecule has 0 aliphatic rings. The predicted molar refractivity (Wildman–Crippen MR) is 108 cm³/mol. The minimum absolute atomic E-state index is 0.0745. The van der Waals surface area contributed by atoms with Gasteiger partial charge in [0, 0.05) is 17.1 Å². The largest absolute Gasteiger partial charge is 0.464 e. The highest BCUT2D eigenvalue weighted by Crippen LogP contribution is 2.29. The first-order chi connectivity index (χ1) is 13.4. The Morgan fingerprint density at radius 1 is 1.21 bits per heavy atom. The zero-order valence-electron chi connectivity index (χ0n) is 16.6. The van der Waals surface area contributed by atoms with Gasteiger partial charge in [0.1, 0.15) is 5.58 Å². The first-order valence-corrected chi connectivity index (χ1v) is 9.53. The van der Waals surface area contributed by atoms with E-state index >= 15 is 0 Å². The van der Waals surface area contributed by atoms with Crippen molar-refractivity contribution < 1.29 is 9.21 Å². The minimum atomic E-state index is -0.253. The van der Waals surface area contributed by atoms with Gasteiger partial charge in [0.25, 0.3) is 0 Å². The lowest BCUT2D eigenvalue weighted by molar-refractivity contribution is -0.121. The van der Waals surface area contributed by atoms with Crippen molar-refractivity contribution in [3.8, 4) is 0 Å². The van der Waals surface area contributed by atoms with E-state index in [1.807, 2.05) is 35.7 Å². The fourth-order valence-electron chi connectivity index (χ4n) is 3.69. The Balaban J connectivity index is 1.54. The van der Waals surface area contributed by atoms with Gasteiger partial charge in [-0.05, 0) is 55.2 Å². The SMILES string of the molecule is Cc1cc2occ(CC(=O)NC(C)c3nnc4ccccn34)c2cc1C(C)C. The molecule has 1 unspecified atom stereocenters. The number of aromatic nitrogens is 3.